The molecule has 13 heavy (non-hydrogen) atoms. The number of allylic oxidation sites excluding steroid dienone is 1. The summed E-state index contributed by atoms with van der Waals surface area (Å²) in [5.74, 6) is 0.936. The van der Waals surface area contributed by atoms with E-state index in [0.29, 0.717) is 12.2 Å². The molecule has 0 bridgehead atoms. The molecule has 2 atom stereocenters. The number of rotatable bonds is 4. The maximum atomic E-state index is 4.40. The van der Waals surface area contributed by atoms with Crippen LogP contribution in [-0.4, -0.2) is 18.4 Å². The fourth-order valence-corrected chi connectivity index (χ4v) is 1.93. The Balaban J connectivity index is 1.81. The molecule has 0 unspecified atom stereocenters. The first-order chi connectivity index (χ1) is 6.40. The lowest BCUT2D eigenvalue weighted by molar-refractivity contribution is 0.391. The lowest BCUT2D eigenvalue weighted by Gasteiger charge is -2.22. The van der Waals surface area contributed by atoms with Crippen LogP contribution in [0.3, 0.4) is 0 Å². The van der Waals surface area contributed by atoms with Crippen LogP contribution in [0.15, 0.2) is 17.1 Å². The fourth-order valence-electron chi connectivity index (χ4n) is 1.93. The first kappa shape index (κ1) is 8.95. The summed E-state index contributed by atoms with van der Waals surface area (Å²) in [5.41, 5.74) is 0. The molecule has 72 valence electrons. The van der Waals surface area contributed by atoms with Crippen LogP contribution in [0.1, 0.15) is 32.6 Å². The molecule has 2 heteroatoms. The zero-order valence-corrected chi connectivity index (χ0v) is 8.24. The number of hydrogen-bond donors (Lipinski definition) is 1. The van der Waals surface area contributed by atoms with Crippen LogP contribution in [0.25, 0.3) is 0 Å². The lowest BCUT2D eigenvalue weighted by Crippen LogP contribution is -2.38. The van der Waals surface area contributed by atoms with Gasteiger partial charge in [-0.1, -0.05) is 13.0 Å². The van der Waals surface area contributed by atoms with Crippen molar-refractivity contribution in [1.82, 2.24) is 5.32 Å². The highest BCUT2D eigenvalue weighted by atomic mass is 15.1. The van der Waals surface area contributed by atoms with Crippen molar-refractivity contribution in [3.8, 4) is 0 Å². The van der Waals surface area contributed by atoms with E-state index < -0.39 is 0 Å². The summed E-state index contributed by atoms with van der Waals surface area (Å²) in [7, 11) is 0. The third-order valence-corrected chi connectivity index (χ3v) is 2.88. The Kier molecular flexibility index (Phi) is 2.79. The predicted molar refractivity (Wildman–Crippen MR) is 56.0 cm³/mol. The minimum atomic E-state index is 0.343. The molecule has 1 saturated carbocycles. The number of nitrogens with zero attached hydrogens (tertiary/aromatic N) is 1. The van der Waals surface area contributed by atoms with Crippen molar-refractivity contribution in [2.24, 2.45) is 10.9 Å². The molecule has 0 aromatic carbocycles. The Hall–Kier alpha value is -0.630. The van der Waals surface area contributed by atoms with Gasteiger partial charge in [0.15, 0.2) is 0 Å². The standard InChI is InChI=1S/C11H18N2/c1-2-10(9-6-7-9)13-11-5-3-4-8-12-11/h3-4,8-11,13H,2,5-7H2,1H3/t10-,11-/m1/s1. The van der Waals surface area contributed by atoms with Gasteiger partial charge in [0, 0.05) is 18.7 Å². The Morgan fingerprint density at radius 2 is 2.38 bits per heavy atom. The fraction of sp³-hybridized carbons (Fsp3) is 0.727. The summed E-state index contributed by atoms with van der Waals surface area (Å²) < 4.78 is 0. The van der Waals surface area contributed by atoms with Crippen molar-refractivity contribution in [3.05, 3.63) is 12.2 Å². The van der Waals surface area contributed by atoms with E-state index in [2.05, 4.69) is 23.3 Å². The molecule has 1 aliphatic heterocycles. The Morgan fingerprint density at radius 3 is 2.92 bits per heavy atom. The zero-order chi connectivity index (χ0) is 9.10. The van der Waals surface area contributed by atoms with Crippen LogP contribution in [0.4, 0.5) is 0 Å². The number of aliphatic imine (C=N–C) groups is 1. The first-order valence-electron chi connectivity index (χ1n) is 5.34. The second-order valence-electron chi connectivity index (χ2n) is 4.00. The third-order valence-electron chi connectivity index (χ3n) is 2.88. The quantitative estimate of drug-likeness (QED) is 0.700. The molecule has 1 fully saturated rings. The molecule has 2 nitrogen and oxygen atoms in total. The normalized spacial score (nSPS) is 29.2. The van der Waals surface area contributed by atoms with Gasteiger partial charge < -0.3 is 0 Å². The van der Waals surface area contributed by atoms with Crippen molar-refractivity contribution in [2.75, 3.05) is 0 Å². The minimum absolute atomic E-state index is 0.343. The minimum Gasteiger partial charge on any atom is -0.292 e. The van der Waals surface area contributed by atoms with Crippen LogP contribution < -0.4 is 5.32 Å². The highest BCUT2D eigenvalue weighted by Crippen LogP contribution is 2.34. The number of dihydropyridines is 1. The van der Waals surface area contributed by atoms with Crippen LogP contribution >= 0.6 is 0 Å². The van der Waals surface area contributed by atoms with Crippen molar-refractivity contribution in [2.45, 2.75) is 44.8 Å². The van der Waals surface area contributed by atoms with E-state index in [1.54, 1.807) is 0 Å². The maximum Gasteiger partial charge on any atom is 0.103 e. The molecule has 1 N–H and O–H groups in total. The summed E-state index contributed by atoms with van der Waals surface area (Å²) in [4.78, 5) is 4.40. The molecule has 1 aliphatic carbocycles. The van der Waals surface area contributed by atoms with Crippen molar-refractivity contribution in [1.29, 1.82) is 0 Å². The molecule has 0 radical (unpaired) electrons. The van der Waals surface area contributed by atoms with Gasteiger partial charge in [-0.3, -0.25) is 10.3 Å². The summed E-state index contributed by atoms with van der Waals surface area (Å²) in [6.07, 6.45) is 11.6. The second kappa shape index (κ2) is 4.05. The molecule has 0 amide bonds. The predicted octanol–water partition coefficient (Wildman–Crippen LogP) is 2.12. The van der Waals surface area contributed by atoms with Crippen LogP contribution in [-0.2, 0) is 0 Å². The van der Waals surface area contributed by atoms with Gasteiger partial charge >= 0.3 is 0 Å². The zero-order valence-electron chi connectivity index (χ0n) is 8.24. The molecule has 0 spiro atoms. The molecule has 1 heterocycles. The van der Waals surface area contributed by atoms with E-state index in [1.165, 1.54) is 19.3 Å². The summed E-state index contributed by atoms with van der Waals surface area (Å²) >= 11 is 0. The van der Waals surface area contributed by atoms with Crippen LogP contribution in [0, 0.1) is 5.92 Å². The van der Waals surface area contributed by atoms with E-state index in [1.807, 2.05) is 12.3 Å². The first-order valence-corrected chi connectivity index (χ1v) is 5.34. The van der Waals surface area contributed by atoms with Gasteiger partial charge in [0.25, 0.3) is 0 Å². The van der Waals surface area contributed by atoms with Gasteiger partial charge in [0.1, 0.15) is 6.17 Å². The topological polar surface area (TPSA) is 24.4 Å². The Bertz CT molecular complexity index is 216. The average molecular weight is 178 g/mol. The van der Waals surface area contributed by atoms with Crippen LogP contribution in [0.5, 0.6) is 0 Å². The molecular weight excluding hydrogens is 160 g/mol. The third kappa shape index (κ3) is 2.41. The molecule has 0 aromatic heterocycles. The van der Waals surface area contributed by atoms with Gasteiger partial charge in [0.05, 0.1) is 0 Å². The smallest absolute Gasteiger partial charge is 0.103 e. The van der Waals surface area contributed by atoms with Gasteiger partial charge in [-0.15, -0.1) is 0 Å². The molecule has 2 aliphatic rings. The van der Waals surface area contributed by atoms with Crippen molar-refractivity contribution >= 4 is 6.21 Å². The van der Waals surface area contributed by atoms with Crippen LogP contribution in [0.2, 0.25) is 0 Å². The van der Waals surface area contributed by atoms with Gasteiger partial charge in [-0.2, -0.15) is 0 Å². The molecule has 0 saturated heterocycles. The lowest BCUT2D eigenvalue weighted by atomic mass is 10.1. The largest absolute Gasteiger partial charge is 0.292 e. The van der Waals surface area contributed by atoms with Gasteiger partial charge in [-0.05, 0) is 31.3 Å². The Morgan fingerprint density at radius 1 is 1.54 bits per heavy atom. The van der Waals surface area contributed by atoms with Crippen molar-refractivity contribution in [3.63, 3.8) is 0 Å². The molecule has 0 aromatic rings. The number of hydrogen-bond acceptors (Lipinski definition) is 2. The highest BCUT2D eigenvalue weighted by Gasteiger charge is 2.30. The highest BCUT2D eigenvalue weighted by molar-refractivity contribution is 5.72. The van der Waals surface area contributed by atoms with E-state index in [0.717, 1.165) is 12.3 Å². The second-order valence-corrected chi connectivity index (χ2v) is 4.00. The number of nitrogens with one attached hydrogen (secondary N) is 1. The summed E-state index contributed by atoms with van der Waals surface area (Å²) in [6, 6.07) is 0.702. The summed E-state index contributed by atoms with van der Waals surface area (Å²) in [5, 5.41) is 3.62. The van der Waals surface area contributed by atoms with Crippen molar-refractivity contribution < 1.29 is 0 Å². The Labute approximate surface area is 80.1 Å². The van der Waals surface area contributed by atoms with E-state index in [4.69, 9.17) is 0 Å². The summed E-state index contributed by atoms with van der Waals surface area (Å²) in [6.45, 7) is 2.26. The van der Waals surface area contributed by atoms with E-state index >= 15 is 0 Å². The molecule has 2 rings (SSSR count). The van der Waals surface area contributed by atoms with E-state index in [9.17, 15) is 0 Å². The van der Waals surface area contributed by atoms with E-state index in [-0.39, 0.29) is 0 Å². The van der Waals surface area contributed by atoms with Gasteiger partial charge in [0.2, 0.25) is 0 Å². The average Bonchev–Trinajstić information content (AvgIpc) is 2.99. The monoisotopic (exact) mass is 178 g/mol. The SMILES string of the molecule is CC[C@@H](N[C@@H]1CC=CC=N1)C1CC1. The van der Waals surface area contributed by atoms with Gasteiger partial charge in [-0.25, -0.2) is 0 Å². The maximum absolute atomic E-state index is 4.40. The molecular formula is C11H18N2.